The summed E-state index contributed by atoms with van der Waals surface area (Å²) in [5.41, 5.74) is 5.77. The fraction of sp³-hybridized carbons (Fsp3) is 0.600. The monoisotopic (exact) mass is 211 g/mol. The largest absolute Gasteiger partial charge is 0.462 e. The highest BCUT2D eigenvalue weighted by molar-refractivity contribution is 5.93. The summed E-state index contributed by atoms with van der Waals surface area (Å²) in [6.45, 7) is 8.03. The maximum Gasteiger partial charge on any atom is 0.343 e. The third-order valence-corrected chi connectivity index (χ3v) is 1.93. The molecule has 0 aliphatic rings. The molecule has 2 N–H and O–H groups in total. The van der Waals surface area contributed by atoms with Gasteiger partial charge in [-0.3, -0.25) is 4.68 Å². The van der Waals surface area contributed by atoms with Gasteiger partial charge in [-0.2, -0.15) is 5.10 Å². The minimum atomic E-state index is -0.425. The lowest BCUT2D eigenvalue weighted by Gasteiger charge is -2.18. The van der Waals surface area contributed by atoms with Gasteiger partial charge < -0.3 is 10.5 Å². The van der Waals surface area contributed by atoms with Gasteiger partial charge >= 0.3 is 5.97 Å². The number of hydrogen-bond acceptors (Lipinski definition) is 4. The van der Waals surface area contributed by atoms with E-state index in [9.17, 15) is 4.79 Å². The molecule has 0 saturated heterocycles. The van der Waals surface area contributed by atoms with Crippen LogP contribution in [0.2, 0.25) is 0 Å². The molecule has 0 bridgehead atoms. The van der Waals surface area contributed by atoms with Crippen molar-refractivity contribution in [2.75, 3.05) is 12.3 Å². The van der Waals surface area contributed by atoms with Crippen LogP contribution in [0.15, 0.2) is 6.20 Å². The van der Waals surface area contributed by atoms with E-state index >= 15 is 0 Å². The van der Waals surface area contributed by atoms with Gasteiger partial charge in [-0.1, -0.05) is 0 Å². The highest BCUT2D eigenvalue weighted by atomic mass is 16.5. The number of nitrogens with zero attached hydrogens (tertiary/aromatic N) is 2. The number of esters is 1. The van der Waals surface area contributed by atoms with E-state index in [2.05, 4.69) is 5.10 Å². The number of hydrogen-bond donors (Lipinski definition) is 1. The quantitative estimate of drug-likeness (QED) is 0.750. The number of carbonyl (C=O) groups is 1. The zero-order chi connectivity index (χ0) is 11.6. The van der Waals surface area contributed by atoms with Crippen LogP contribution in [0.5, 0.6) is 0 Å². The molecule has 1 rings (SSSR count). The SMILES string of the molecule is CCOC(=O)c1cn(C(C)(C)C)nc1N. The lowest BCUT2D eigenvalue weighted by molar-refractivity contribution is 0.0527. The van der Waals surface area contributed by atoms with Gasteiger partial charge in [-0.15, -0.1) is 0 Å². The van der Waals surface area contributed by atoms with Crippen molar-refractivity contribution in [1.29, 1.82) is 0 Å². The second-order valence-corrected chi connectivity index (χ2v) is 4.26. The van der Waals surface area contributed by atoms with Gasteiger partial charge in [0, 0.05) is 6.20 Å². The average Bonchev–Trinajstić information content (AvgIpc) is 2.47. The smallest absolute Gasteiger partial charge is 0.343 e. The molecule has 5 heteroatoms. The predicted molar refractivity (Wildman–Crippen MR) is 57.6 cm³/mol. The number of ether oxygens (including phenoxy) is 1. The lowest BCUT2D eigenvalue weighted by Crippen LogP contribution is -2.22. The molecule has 0 amide bonds. The van der Waals surface area contributed by atoms with E-state index < -0.39 is 5.97 Å². The lowest BCUT2D eigenvalue weighted by atomic mass is 10.1. The van der Waals surface area contributed by atoms with Crippen LogP contribution in [0.25, 0.3) is 0 Å². The average molecular weight is 211 g/mol. The Labute approximate surface area is 89.2 Å². The topological polar surface area (TPSA) is 70.1 Å². The molecular weight excluding hydrogens is 194 g/mol. The summed E-state index contributed by atoms with van der Waals surface area (Å²) >= 11 is 0. The second kappa shape index (κ2) is 3.92. The highest BCUT2D eigenvalue weighted by Gasteiger charge is 2.20. The van der Waals surface area contributed by atoms with Crippen LogP contribution in [-0.2, 0) is 10.3 Å². The van der Waals surface area contributed by atoms with Gasteiger partial charge in [0.15, 0.2) is 5.82 Å². The van der Waals surface area contributed by atoms with Crippen molar-refractivity contribution >= 4 is 11.8 Å². The van der Waals surface area contributed by atoms with E-state index in [1.165, 1.54) is 0 Å². The molecule has 5 nitrogen and oxygen atoms in total. The molecule has 84 valence electrons. The van der Waals surface area contributed by atoms with Crippen molar-refractivity contribution in [3.63, 3.8) is 0 Å². The third kappa shape index (κ3) is 2.49. The Kier molecular flexibility index (Phi) is 3.02. The maximum atomic E-state index is 11.5. The first-order chi connectivity index (χ1) is 6.86. The van der Waals surface area contributed by atoms with Gasteiger partial charge in [-0.05, 0) is 27.7 Å². The Morgan fingerprint density at radius 1 is 1.60 bits per heavy atom. The molecule has 15 heavy (non-hydrogen) atoms. The van der Waals surface area contributed by atoms with E-state index in [0.717, 1.165) is 0 Å². The predicted octanol–water partition coefficient (Wildman–Crippen LogP) is 1.40. The number of anilines is 1. The minimum Gasteiger partial charge on any atom is -0.462 e. The first-order valence-corrected chi connectivity index (χ1v) is 4.89. The maximum absolute atomic E-state index is 11.5. The molecule has 1 aromatic heterocycles. The molecule has 1 heterocycles. The Morgan fingerprint density at radius 3 is 2.60 bits per heavy atom. The number of carbonyl (C=O) groups excluding carboxylic acids is 1. The normalized spacial score (nSPS) is 11.5. The Balaban J connectivity index is 3.02. The van der Waals surface area contributed by atoms with E-state index in [1.54, 1.807) is 17.8 Å². The molecule has 0 aliphatic carbocycles. The number of nitrogen functional groups attached to an aromatic ring is 1. The summed E-state index contributed by atoms with van der Waals surface area (Å²) < 4.78 is 6.52. The molecule has 0 saturated carbocycles. The number of aromatic nitrogens is 2. The van der Waals surface area contributed by atoms with Crippen LogP contribution in [0.3, 0.4) is 0 Å². The van der Waals surface area contributed by atoms with Crippen LogP contribution in [0.1, 0.15) is 38.1 Å². The van der Waals surface area contributed by atoms with Crippen LogP contribution >= 0.6 is 0 Å². The molecule has 0 atom stereocenters. The van der Waals surface area contributed by atoms with Crippen LogP contribution in [0, 0.1) is 0 Å². The summed E-state index contributed by atoms with van der Waals surface area (Å²) in [5.74, 6) is -0.214. The zero-order valence-corrected chi connectivity index (χ0v) is 9.57. The van der Waals surface area contributed by atoms with Crippen molar-refractivity contribution in [1.82, 2.24) is 9.78 Å². The van der Waals surface area contributed by atoms with Gasteiger partial charge in [0.2, 0.25) is 0 Å². The summed E-state index contributed by atoms with van der Waals surface area (Å²) in [6, 6.07) is 0. The minimum absolute atomic E-state index is 0.196. The summed E-state index contributed by atoms with van der Waals surface area (Å²) in [4.78, 5) is 11.5. The second-order valence-electron chi connectivity index (χ2n) is 4.26. The summed E-state index contributed by atoms with van der Waals surface area (Å²) in [6.07, 6.45) is 1.62. The van der Waals surface area contributed by atoms with Crippen LogP contribution < -0.4 is 5.73 Å². The Hall–Kier alpha value is -1.52. The van der Waals surface area contributed by atoms with Crippen LogP contribution in [0.4, 0.5) is 5.82 Å². The van der Waals surface area contributed by atoms with Crippen molar-refractivity contribution in [3.8, 4) is 0 Å². The standard InChI is InChI=1S/C10H17N3O2/c1-5-15-9(14)7-6-13(10(2,3)4)12-8(7)11/h6H,5H2,1-4H3,(H2,11,12). The van der Waals surface area contributed by atoms with Gasteiger partial charge in [0.25, 0.3) is 0 Å². The number of rotatable bonds is 2. The summed E-state index contributed by atoms with van der Waals surface area (Å²) in [7, 11) is 0. The first kappa shape index (κ1) is 11.6. The summed E-state index contributed by atoms with van der Waals surface area (Å²) in [5, 5.41) is 4.08. The molecule has 0 spiro atoms. The Bertz CT molecular complexity index is 363. The van der Waals surface area contributed by atoms with Crippen LogP contribution in [-0.4, -0.2) is 22.4 Å². The Morgan fingerprint density at radius 2 is 2.20 bits per heavy atom. The number of nitrogens with two attached hydrogens (primary N) is 1. The van der Waals surface area contributed by atoms with Gasteiger partial charge in [0.05, 0.1) is 12.1 Å². The van der Waals surface area contributed by atoms with E-state index in [0.29, 0.717) is 12.2 Å². The van der Waals surface area contributed by atoms with Crippen molar-refractivity contribution in [2.24, 2.45) is 0 Å². The fourth-order valence-corrected chi connectivity index (χ4v) is 1.10. The molecule has 0 unspecified atom stereocenters. The van der Waals surface area contributed by atoms with E-state index in [1.807, 2.05) is 20.8 Å². The molecular formula is C10H17N3O2. The van der Waals surface area contributed by atoms with E-state index in [4.69, 9.17) is 10.5 Å². The van der Waals surface area contributed by atoms with Gasteiger partial charge in [-0.25, -0.2) is 4.79 Å². The third-order valence-electron chi connectivity index (χ3n) is 1.93. The first-order valence-electron chi connectivity index (χ1n) is 4.89. The zero-order valence-electron chi connectivity index (χ0n) is 9.57. The molecule has 0 aromatic carbocycles. The van der Waals surface area contributed by atoms with Crippen molar-refractivity contribution < 1.29 is 9.53 Å². The molecule has 0 fully saturated rings. The van der Waals surface area contributed by atoms with Gasteiger partial charge in [0.1, 0.15) is 5.56 Å². The van der Waals surface area contributed by atoms with Crippen molar-refractivity contribution in [3.05, 3.63) is 11.8 Å². The van der Waals surface area contributed by atoms with E-state index in [-0.39, 0.29) is 11.4 Å². The fourth-order valence-electron chi connectivity index (χ4n) is 1.10. The molecule has 1 aromatic rings. The highest BCUT2D eigenvalue weighted by Crippen LogP contribution is 2.18. The molecule has 0 radical (unpaired) electrons. The molecule has 0 aliphatic heterocycles. The van der Waals surface area contributed by atoms with Crippen molar-refractivity contribution in [2.45, 2.75) is 33.2 Å².